The number of hydrogen-bond acceptors (Lipinski definition) is 7. The molecule has 0 aliphatic carbocycles. The molecule has 12 nitrogen and oxygen atoms in total. The zero-order valence-electron chi connectivity index (χ0n) is 25.0. The maximum absolute atomic E-state index is 13.3. The fourth-order valence-electron chi connectivity index (χ4n) is 5.61. The van der Waals surface area contributed by atoms with Crippen LogP contribution in [0.3, 0.4) is 0 Å². The lowest BCUT2D eigenvalue weighted by molar-refractivity contribution is -0.135. The van der Waals surface area contributed by atoms with Crippen molar-refractivity contribution >= 4 is 40.2 Å². The minimum Gasteiger partial charge on any atom is -0.480 e. The first kappa shape index (κ1) is 31.2. The molecule has 236 valence electrons. The molecule has 0 aliphatic rings. The highest BCUT2D eigenvalue weighted by atomic mass is 35.5. The molecule has 46 heavy (non-hydrogen) atoms. The Bertz CT molecular complexity index is 2270. The monoisotopic (exact) mass is 660 g/mol. The molecule has 0 fully saturated rings. The van der Waals surface area contributed by atoms with Crippen molar-refractivity contribution in [2.24, 2.45) is 5.73 Å². The van der Waals surface area contributed by atoms with Crippen molar-refractivity contribution in [3.8, 4) is 33.6 Å². The lowest BCUT2D eigenvalue weighted by Crippen LogP contribution is -2.31. The summed E-state index contributed by atoms with van der Waals surface area (Å²) in [5.74, 6) is -0.966. The number of benzene rings is 2. The summed E-state index contributed by atoms with van der Waals surface area (Å²) in [4.78, 5) is 37.3. The second-order valence-corrected chi connectivity index (χ2v) is 11.6. The first-order chi connectivity index (χ1) is 22.1. The van der Waals surface area contributed by atoms with Crippen LogP contribution in [-0.4, -0.2) is 59.1 Å². The Morgan fingerprint density at radius 2 is 1.26 bits per heavy atom. The number of aryl methyl sites for hydroxylation is 2. The Labute approximate surface area is 272 Å². The lowest BCUT2D eigenvalue weighted by Gasteiger charge is -2.12. The Kier molecular flexibility index (Phi) is 8.53. The fourth-order valence-corrected chi connectivity index (χ4v) is 6.25. The summed E-state index contributed by atoms with van der Waals surface area (Å²) < 4.78 is 6.28. The highest BCUT2D eigenvalue weighted by Crippen LogP contribution is 2.42. The molecule has 0 radical (unpaired) electrons. The fraction of sp³-hybridized carbons (Fsp3) is 0.219. The Hall–Kier alpha value is -4.75. The van der Waals surface area contributed by atoms with Gasteiger partial charge in [-0.1, -0.05) is 59.6 Å². The van der Waals surface area contributed by atoms with E-state index in [0.29, 0.717) is 86.6 Å². The van der Waals surface area contributed by atoms with Crippen LogP contribution in [0.25, 0.3) is 44.7 Å². The summed E-state index contributed by atoms with van der Waals surface area (Å²) in [5.41, 5.74) is 11.1. The first-order valence-electron chi connectivity index (χ1n) is 14.5. The van der Waals surface area contributed by atoms with Gasteiger partial charge in [-0.25, -0.2) is 9.03 Å². The zero-order chi connectivity index (χ0) is 32.7. The van der Waals surface area contributed by atoms with E-state index < -0.39 is 5.97 Å². The average Bonchev–Trinajstić information content (AvgIpc) is 3.64. The number of rotatable bonds is 10. The van der Waals surface area contributed by atoms with Crippen molar-refractivity contribution in [3.63, 3.8) is 0 Å². The van der Waals surface area contributed by atoms with E-state index >= 15 is 0 Å². The van der Waals surface area contributed by atoms with Gasteiger partial charge >= 0.3 is 5.97 Å². The molecule has 14 heteroatoms. The number of carboxylic acids is 1. The predicted molar refractivity (Wildman–Crippen MR) is 178 cm³/mol. The standard InChI is InChI=1S/C32H30Cl2N8O4/c1-18-16-41-26(31(45)39(18)11-9-35)13-24(37-41)22-7-3-5-20(29(22)33)21-6-4-8-23(30(21)34)25-14-27-32(46)40(12-10-36-15-28(43)44)19(2)17-42(27)38-25/h3-8,13-14,16-17,36H,9-12,15,35H2,1-2H3,(H,43,44). The Morgan fingerprint density at radius 3 is 1.72 bits per heavy atom. The first-order valence-corrected chi connectivity index (χ1v) is 15.2. The van der Waals surface area contributed by atoms with Crippen LogP contribution in [0, 0.1) is 13.8 Å². The molecule has 4 heterocycles. The van der Waals surface area contributed by atoms with Gasteiger partial charge in [0.15, 0.2) is 0 Å². The number of nitrogens with one attached hydrogen (secondary N) is 1. The van der Waals surface area contributed by atoms with Crippen LogP contribution in [0.5, 0.6) is 0 Å². The van der Waals surface area contributed by atoms with Gasteiger partial charge in [0.25, 0.3) is 11.1 Å². The van der Waals surface area contributed by atoms with Crippen molar-refractivity contribution in [2.75, 3.05) is 19.6 Å². The smallest absolute Gasteiger partial charge is 0.317 e. The second kappa shape index (κ2) is 12.6. The molecule has 4 N–H and O–H groups in total. The van der Waals surface area contributed by atoms with E-state index in [-0.39, 0.29) is 17.7 Å². The van der Waals surface area contributed by atoms with Crippen molar-refractivity contribution in [1.29, 1.82) is 0 Å². The number of nitrogens with zero attached hydrogens (tertiary/aromatic N) is 6. The topological polar surface area (TPSA) is 154 Å². The molecule has 4 aromatic heterocycles. The van der Waals surface area contributed by atoms with Crippen LogP contribution in [0.1, 0.15) is 11.4 Å². The Balaban J connectivity index is 1.38. The van der Waals surface area contributed by atoms with E-state index in [1.165, 1.54) is 4.52 Å². The molecule has 0 spiro atoms. The van der Waals surface area contributed by atoms with E-state index in [0.717, 1.165) is 5.69 Å². The largest absolute Gasteiger partial charge is 0.480 e. The molecular weight excluding hydrogens is 631 g/mol. The van der Waals surface area contributed by atoms with Crippen LogP contribution in [0.2, 0.25) is 10.0 Å². The van der Waals surface area contributed by atoms with Gasteiger partial charge in [0, 0.05) is 72.2 Å². The third kappa shape index (κ3) is 5.60. The van der Waals surface area contributed by atoms with Gasteiger partial charge in [0.1, 0.15) is 11.0 Å². The minimum atomic E-state index is -0.966. The molecule has 0 unspecified atom stereocenters. The summed E-state index contributed by atoms with van der Waals surface area (Å²) in [7, 11) is 0. The summed E-state index contributed by atoms with van der Waals surface area (Å²) in [5, 5.41) is 21.8. The summed E-state index contributed by atoms with van der Waals surface area (Å²) >= 11 is 14.0. The van der Waals surface area contributed by atoms with E-state index in [1.807, 2.05) is 43.3 Å². The van der Waals surface area contributed by atoms with Gasteiger partial charge in [-0.15, -0.1) is 0 Å². The normalized spacial score (nSPS) is 11.6. The van der Waals surface area contributed by atoms with E-state index in [9.17, 15) is 14.4 Å². The number of aliphatic carboxylic acids is 1. The number of carboxylic acid groups (broad SMARTS) is 1. The maximum Gasteiger partial charge on any atom is 0.317 e. The van der Waals surface area contributed by atoms with E-state index in [1.54, 1.807) is 45.1 Å². The van der Waals surface area contributed by atoms with Crippen molar-refractivity contribution in [3.05, 3.63) is 103 Å². The molecule has 0 bridgehead atoms. The van der Waals surface area contributed by atoms with Gasteiger partial charge < -0.3 is 25.3 Å². The molecular formula is C32H30Cl2N8O4. The average molecular weight is 662 g/mol. The van der Waals surface area contributed by atoms with Crippen LogP contribution in [-0.2, 0) is 17.9 Å². The number of nitrogens with two attached hydrogens (primary N) is 1. The van der Waals surface area contributed by atoms with Crippen LogP contribution < -0.4 is 22.2 Å². The number of fused-ring (bicyclic) bond motifs is 2. The predicted octanol–water partition coefficient (Wildman–Crippen LogP) is 3.86. The van der Waals surface area contributed by atoms with Gasteiger partial charge in [0.05, 0.1) is 28.0 Å². The summed E-state index contributed by atoms with van der Waals surface area (Å²) in [6, 6.07) is 14.5. The molecule has 2 aromatic carbocycles. The van der Waals surface area contributed by atoms with Gasteiger partial charge in [0.2, 0.25) is 0 Å². The molecule has 0 saturated carbocycles. The minimum absolute atomic E-state index is 0.184. The van der Waals surface area contributed by atoms with Gasteiger partial charge in [-0.2, -0.15) is 10.2 Å². The third-order valence-electron chi connectivity index (χ3n) is 7.85. The highest BCUT2D eigenvalue weighted by Gasteiger charge is 2.20. The van der Waals surface area contributed by atoms with Crippen molar-refractivity contribution < 1.29 is 9.90 Å². The zero-order valence-corrected chi connectivity index (χ0v) is 26.5. The van der Waals surface area contributed by atoms with Crippen molar-refractivity contribution in [1.82, 2.24) is 33.7 Å². The number of halogens is 2. The maximum atomic E-state index is 13.3. The SMILES string of the molecule is Cc1cn2nc(-c3cccc(-c4cccc(-c5cc6c(=O)n(CCNCC(=O)O)c(C)cn6n5)c4Cl)c3Cl)cc2c(=O)n1CCN. The van der Waals surface area contributed by atoms with E-state index in [2.05, 4.69) is 15.5 Å². The number of hydrogen-bond donors (Lipinski definition) is 3. The lowest BCUT2D eigenvalue weighted by atomic mass is 9.98. The molecule has 0 saturated heterocycles. The quantitative estimate of drug-likeness (QED) is 0.187. The van der Waals surface area contributed by atoms with Gasteiger partial charge in [-0.05, 0) is 26.0 Å². The van der Waals surface area contributed by atoms with E-state index in [4.69, 9.17) is 34.0 Å². The number of carbonyl (C=O) groups is 1. The molecule has 6 aromatic rings. The van der Waals surface area contributed by atoms with Crippen LogP contribution in [0.4, 0.5) is 0 Å². The summed E-state index contributed by atoms with van der Waals surface area (Å²) in [6.07, 6.45) is 3.53. The Morgan fingerprint density at radius 1 is 0.804 bits per heavy atom. The van der Waals surface area contributed by atoms with Crippen LogP contribution in [0.15, 0.2) is 70.5 Å². The highest BCUT2D eigenvalue weighted by molar-refractivity contribution is 6.39. The van der Waals surface area contributed by atoms with Gasteiger partial charge in [-0.3, -0.25) is 14.4 Å². The molecule has 0 aliphatic heterocycles. The molecule has 0 amide bonds. The van der Waals surface area contributed by atoms with Crippen LogP contribution >= 0.6 is 23.2 Å². The summed E-state index contributed by atoms with van der Waals surface area (Å²) in [6.45, 7) is 4.80. The molecule has 0 atom stereocenters. The second-order valence-electron chi connectivity index (χ2n) is 10.9. The number of aromatic nitrogens is 6. The third-order valence-corrected chi connectivity index (χ3v) is 8.66. The molecule has 6 rings (SSSR count). The van der Waals surface area contributed by atoms with Crippen molar-refractivity contribution in [2.45, 2.75) is 26.9 Å².